The maximum atomic E-state index is 8.90. The Bertz CT molecular complexity index is 119. The lowest BCUT2D eigenvalue weighted by atomic mass is 10.1. The Balaban J connectivity index is 2.03. The van der Waals surface area contributed by atoms with Gasteiger partial charge in [-0.15, -0.1) is 0 Å². The standard InChI is InChI=1S/C9H19NO2/c1-2-12-6-5-10-4-3-9(7-10)8-11/h9,11H,2-8H2,1H3/t9-/m0/s1. The van der Waals surface area contributed by atoms with Gasteiger partial charge in [-0.1, -0.05) is 0 Å². The van der Waals surface area contributed by atoms with E-state index >= 15 is 0 Å². The molecule has 0 radical (unpaired) electrons. The molecule has 0 amide bonds. The molecule has 12 heavy (non-hydrogen) atoms. The minimum absolute atomic E-state index is 0.338. The summed E-state index contributed by atoms with van der Waals surface area (Å²) in [6.45, 7) is 7.17. The van der Waals surface area contributed by atoms with Crippen LogP contribution in [0.3, 0.4) is 0 Å². The fraction of sp³-hybridized carbons (Fsp3) is 1.00. The Morgan fingerprint density at radius 3 is 3.00 bits per heavy atom. The molecule has 3 nitrogen and oxygen atoms in total. The van der Waals surface area contributed by atoms with Crippen molar-refractivity contribution < 1.29 is 9.84 Å². The number of likely N-dealkylation sites (tertiary alicyclic amines) is 1. The second kappa shape index (κ2) is 5.51. The first-order chi connectivity index (χ1) is 5.86. The molecule has 0 unspecified atom stereocenters. The van der Waals surface area contributed by atoms with Crippen LogP contribution in [-0.4, -0.2) is 49.5 Å². The normalized spacial score (nSPS) is 25.0. The zero-order valence-corrected chi connectivity index (χ0v) is 7.83. The van der Waals surface area contributed by atoms with Crippen LogP contribution < -0.4 is 0 Å². The third kappa shape index (κ3) is 3.09. The van der Waals surface area contributed by atoms with E-state index in [1.54, 1.807) is 0 Å². The number of nitrogens with zero attached hydrogens (tertiary/aromatic N) is 1. The first kappa shape index (κ1) is 9.96. The summed E-state index contributed by atoms with van der Waals surface area (Å²) >= 11 is 0. The van der Waals surface area contributed by atoms with Crippen LogP contribution in [0.25, 0.3) is 0 Å². The van der Waals surface area contributed by atoms with E-state index in [1.165, 1.54) is 0 Å². The highest BCUT2D eigenvalue weighted by Gasteiger charge is 2.20. The minimum atomic E-state index is 0.338. The predicted octanol–water partition coefficient (Wildman–Crippen LogP) is 0.337. The van der Waals surface area contributed by atoms with Gasteiger partial charge in [0.2, 0.25) is 0 Å². The molecule has 0 aliphatic carbocycles. The Hall–Kier alpha value is -0.120. The third-order valence-corrected chi connectivity index (χ3v) is 2.38. The van der Waals surface area contributed by atoms with Crippen LogP contribution in [-0.2, 0) is 4.74 Å². The molecule has 1 saturated heterocycles. The molecule has 72 valence electrons. The molecular formula is C9H19NO2. The molecule has 0 aromatic heterocycles. The van der Waals surface area contributed by atoms with Gasteiger partial charge in [0.15, 0.2) is 0 Å². The van der Waals surface area contributed by atoms with E-state index in [9.17, 15) is 0 Å². The van der Waals surface area contributed by atoms with Crippen LogP contribution in [0.5, 0.6) is 0 Å². The van der Waals surface area contributed by atoms with Gasteiger partial charge in [-0.05, 0) is 25.8 Å². The SMILES string of the molecule is CCOCCN1CC[C@H](CO)C1. The van der Waals surface area contributed by atoms with Crippen LogP contribution in [0.2, 0.25) is 0 Å². The van der Waals surface area contributed by atoms with Gasteiger partial charge < -0.3 is 14.7 Å². The average Bonchev–Trinajstić information content (AvgIpc) is 2.53. The van der Waals surface area contributed by atoms with Gasteiger partial charge in [-0.2, -0.15) is 0 Å². The second-order valence-electron chi connectivity index (χ2n) is 3.33. The molecular weight excluding hydrogens is 154 g/mol. The van der Waals surface area contributed by atoms with Crippen LogP contribution >= 0.6 is 0 Å². The molecule has 1 aliphatic rings. The summed E-state index contributed by atoms with van der Waals surface area (Å²) in [4.78, 5) is 2.36. The van der Waals surface area contributed by atoms with Crippen molar-refractivity contribution in [3.8, 4) is 0 Å². The Kier molecular flexibility index (Phi) is 4.58. The molecule has 1 fully saturated rings. The van der Waals surface area contributed by atoms with Crippen molar-refractivity contribution in [2.75, 3.05) is 39.5 Å². The molecule has 0 bridgehead atoms. The first-order valence-electron chi connectivity index (χ1n) is 4.77. The molecule has 1 atom stereocenters. The molecule has 1 N–H and O–H groups in total. The highest BCUT2D eigenvalue weighted by molar-refractivity contribution is 4.74. The molecule has 0 spiro atoms. The van der Waals surface area contributed by atoms with E-state index in [2.05, 4.69) is 4.90 Å². The summed E-state index contributed by atoms with van der Waals surface area (Å²) in [5, 5.41) is 8.90. The monoisotopic (exact) mass is 173 g/mol. The molecule has 3 heteroatoms. The number of hydrogen-bond acceptors (Lipinski definition) is 3. The van der Waals surface area contributed by atoms with Gasteiger partial charge in [0.05, 0.1) is 6.61 Å². The van der Waals surface area contributed by atoms with Crippen LogP contribution in [0, 0.1) is 5.92 Å². The fourth-order valence-electron chi connectivity index (χ4n) is 1.60. The largest absolute Gasteiger partial charge is 0.396 e. The smallest absolute Gasteiger partial charge is 0.0593 e. The lowest BCUT2D eigenvalue weighted by Gasteiger charge is -2.14. The van der Waals surface area contributed by atoms with Crippen molar-refractivity contribution in [1.82, 2.24) is 4.90 Å². The summed E-state index contributed by atoms with van der Waals surface area (Å²) in [6, 6.07) is 0. The van der Waals surface area contributed by atoms with E-state index < -0.39 is 0 Å². The van der Waals surface area contributed by atoms with E-state index in [4.69, 9.17) is 9.84 Å². The van der Waals surface area contributed by atoms with Crippen molar-refractivity contribution >= 4 is 0 Å². The van der Waals surface area contributed by atoms with Crippen LogP contribution in [0.15, 0.2) is 0 Å². The molecule has 1 rings (SSSR count). The summed E-state index contributed by atoms with van der Waals surface area (Å²) in [5.74, 6) is 0.506. The van der Waals surface area contributed by atoms with Gasteiger partial charge in [0.25, 0.3) is 0 Å². The summed E-state index contributed by atoms with van der Waals surface area (Å²) in [5.41, 5.74) is 0. The maximum absolute atomic E-state index is 8.90. The van der Waals surface area contributed by atoms with E-state index in [0.29, 0.717) is 12.5 Å². The summed E-state index contributed by atoms with van der Waals surface area (Å²) in [6.07, 6.45) is 1.14. The van der Waals surface area contributed by atoms with E-state index in [1.807, 2.05) is 6.92 Å². The lowest BCUT2D eigenvalue weighted by molar-refractivity contribution is 0.118. The highest BCUT2D eigenvalue weighted by atomic mass is 16.5. The molecule has 0 aromatic rings. The minimum Gasteiger partial charge on any atom is -0.396 e. The van der Waals surface area contributed by atoms with Gasteiger partial charge in [-0.3, -0.25) is 0 Å². The molecule has 0 saturated carbocycles. The van der Waals surface area contributed by atoms with E-state index in [0.717, 1.165) is 39.3 Å². The second-order valence-corrected chi connectivity index (χ2v) is 3.33. The van der Waals surface area contributed by atoms with Crippen molar-refractivity contribution in [3.63, 3.8) is 0 Å². The highest BCUT2D eigenvalue weighted by Crippen LogP contribution is 2.14. The number of ether oxygens (including phenoxy) is 1. The van der Waals surface area contributed by atoms with Gasteiger partial charge in [0.1, 0.15) is 0 Å². The molecule has 1 aliphatic heterocycles. The number of aliphatic hydroxyl groups is 1. The Morgan fingerprint density at radius 1 is 1.58 bits per heavy atom. The van der Waals surface area contributed by atoms with Gasteiger partial charge in [-0.25, -0.2) is 0 Å². The van der Waals surface area contributed by atoms with E-state index in [-0.39, 0.29) is 0 Å². The molecule has 1 heterocycles. The topological polar surface area (TPSA) is 32.7 Å². The zero-order valence-electron chi connectivity index (χ0n) is 7.83. The Morgan fingerprint density at radius 2 is 2.42 bits per heavy atom. The first-order valence-corrected chi connectivity index (χ1v) is 4.77. The van der Waals surface area contributed by atoms with Crippen molar-refractivity contribution in [2.45, 2.75) is 13.3 Å². The Labute approximate surface area is 74.3 Å². The van der Waals surface area contributed by atoms with Crippen molar-refractivity contribution in [2.24, 2.45) is 5.92 Å². The van der Waals surface area contributed by atoms with Gasteiger partial charge in [0, 0.05) is 26.3 Å². The maximum Gasteiger partial charge on any atom is 0.0593 e. The molecule has 0 aromatic carbocycles. The van der Waals surface area contributed by atoms with Crippen molar-refractivity contribution in [1.29, 1.82) is 0 Å². The number of aliphatic hydroxyl groups excluding tert-OH is 1. The summed E-state index contributed by atoms with van der Waals surface area (Å²) < 4.78 is 5.26. The van der Waals surface area contributed by atoms with Crippen molar-refractivity contribution in [3.05, 3.63) is 0 Å². The van der Waals surface area contributed by atoms with Gasteiger partial charge >= 0.3 is 0 Å². The average molecular weight is 173 g/mol. The quantitative estimate of drug-likeness (QED) is 0.608. The predicted molar refractivity (Wildman–Crippen MR) is 48.1 cm³/mol. The summed E-state index contributed by atoms with van der Waals surface area (Å²) in [7, 11) is 0. The lowest BCUT2D eigenvalue weighted by Crippen LogP contribution is -2.25. The number of rotatable bonds is 5. The zero-order chi connectivity index (χ0) is 8.81. The van der Waals surface area contributed by atoms with Crippen LogP contribution in [0.4, 0.5) is 0 Å². The number of hydrogen-bond donors (Lipinski definition) is 1. The fourth-order valence-corrected chi connectivity index (χ4v) is 1.60. The van der Waals surface area contributed by atoms with Crippen LogP contribution in [0.1, 0.15) is 13.3 Å². The third-order valence-electron chi connectivity index (χ3n) is 2.38.